The van der Waals surface area contributed by atoms with Crippen molar-refractivity contribution in [2.24, 2.45) is 0 Å². The van der Waals surface area contributed by atoms with Crippen LogP contribution in [0.4, 0.5) is 0 Å². The zero-order valence-corrected chi connectivity index (χ0v) is 44.8. The molecule has 72 heavy (non-hydrogen) atoms. The van der Waals surface area contributed by atoms with Crippen molar-refractivity contribution in [3.8, 4) is 56.9 Å². The van der Waals surface area contributed by atoms with Crippen molar-refractivity contribution in [1.29, 1.82) is 0 Å². The number of hydrogen-bond acceptors (Lipinski definition) is 18. The minimum absolute atomic E-state index is 0. The molecule has 22 heteroatoms. The van der Waals surface area contributed by atoms with Crippen LogP contribution < -0.4 is 58.3 Å². The van der Waals surface area contributed by atoms with Gasteiger partial charge in [-0.3, -0.25) is 29.5 Å². The van der Waals surface area contributed by atoms with E-state index < -0.39 is 42.8 Å². The average molecular weight is 1120 g/mol. The molecule has 6 heterocycles. The predicted molar refractivity (Wildman–Crippen MR) is 230 cm³/mol. The number of pyridine rings is 4. The number of fused-ring (bicyclic) bond motifs is 2. The van der Waals surface area contributed by atoms with Crippen LogP contribution in [-0.2, 0) is 39.0 Å². The van der Waals surface area contributed by atoms with E-state index in [9.17, 15) is 19.8 Å². The van der Waals surface area contributed by atoms with E-state index in [1.807, 2.05) is 84.9 Å². The topological polar surface area (TPSA) is 343 Å². The fourth-order valence-electron chi connectivity index (χ4n) is 5.87. The molecule has 0 unspecified atom stereocenters. The van der Waals surface area contributed by atoms with Gasteiger partial charge in [-0.2, -0.15) is 0 Å². The van der Waals surface area contributed by atoms with E-state index in [2.05, 4.69) is 19.9 Å². The van der Waals surface area contributed by atoms with Gasteiger partial charge in [0, 0.05) is 35.9 Å². The molecule has 6 aromatic heterocycles. The van der Waals surface area contributed by atoms with Gasteiger partial charge in [-0.05, 0) is 84.3 Å². The molecular weight excluding hydrogens is 1080 g/mol. The molecule has 0 atom stereocenters. The summed E-state index contributed by atoms with van der Waals surface area (Å²) in [4.78, 5) is 40.6. The van der Waals surface area contributed by atoms with Gasteiger partial charge in [0.25, 0.3) is 0 Å². The zero-order valence-electron chi connectivity index (χ0n) is 37.3. The van der Waals surface area contributed by atoms with E-state index in [1.165, 1.54) is 0 Å². The molecule has 4 aromatic carbocycles. The minimum Gasteiger partial charge on any atom is -0.867 e. The first-order valence-corrected chi connectivity index (χ1v) is 22.4. The van der Waals surface area contributed by atoms with Crippen LogP contribution in [0.25, 0.3) is 67.4 Å². The molecule has 0 saturated carbocycles. The Morgan fingerprint density at radius 3 is 0.819 bits per heavy atom. The van der Waals surface area contributed by atoms with Crippen LogP contribution in [0, 0.1) is 20.5 Å². The quantitative estimate of drug-likeness (QED) is 0.207. The normalized spacial score (nSPS) is 10.2. The van der Waals surface area contributed by atoms with E-state index in [4.69, 9.17) is 46.1 Å². The summed E-state index contributed by atoms with van der Waals surface area (Å²) in [6, 6.07) is 54.5. The van der Waals surface area contributed by atoms with Crippen molar-refractivity contribution in [1.82, 2.24) is 19.9 Å². The van der Waals surface area contributed by atoms with Crippen molar-refractivity contribution < 1.29 is 116 Å². The van der Waals surface area contributed by atoms with Crippen molar-refractivity contribution >= 4 is 21.9 Å². The van der Waals surface area contributed by atoms with Crippen LogP contribution in [0.5, 0.6) is 11.5 Å². The van der Waals surface area contributed by atoms with Gasteiger partial charge >= 0.3 is 39.0 Å². The van der Waals surface area contributed by atoms with Crippen LogP contribution >= 0.6 is 0 Å². The summed E-state index contributed by atoms with van der Waals surface area (Å²) in [5.41, 5.74) is 4.72. The first-order valence-electron chi connectivity index (χ1n) is 19.9. The fourth-order valence-corrected chi connectivity index (χ4v) is 5.87. The predicted octanol–water partition coefficient (Wildman–Crippen LogP) is -0.163. The fraction of sp³-hybridized carbons (Fsp3) is 0. The minimum atomic E-state index is -4.94. The third kappa shape index (κ3) is 19.7. The maximum absolute atomic E-state index is 12.0. The second kappa shape index (κ2) is 29.4. The van der Waals surface area contributed by atoms with E-state index in [0.29, 0.717) is 33.1 Å². The third-order valence-corrected chi connectivity index (χ3v) is 8.77. The molecule has 0 aliphatic carbocycles. The summed E-state index contributed by atoms with van der Waals surface area (Å²) in [5.74, 6) is -1.00. The summed E-state index contributed by atoms with van der Waals surface area (Å²) in [6.07, 6.45) is 7.07. The molecule has 0 spiro atoms. The molecule has 0 aliphatic rings. The first-order chi connectivity index (χ1) is 33.5. The smallest absolute Gasteiger partial charge is 0.867 e. The Kier molecular flexibility index (Phi) is 24.2. The Bertz CT molecular complexity index is 2970. The van der Waals surface area contributed by atoms with Crippen LogP contribution in [0.2, 0.25) is 0 Å². The number of nitrogens with zero attached hydrogens (tertiary/aromatic N) is 4. The van der Waals surface area contributed by atoms with Crippen LogP contribution in [0.3, 0.4) is 0 Å². The van der Waals surface area contributed by atoms with E-state index in [0.717, 1.165) is 22.8 Å². The molecule has 0 saturated heterocycles. The second-order valence-electron chi connectivity index (χ2n) is 13.5. The van der Waals surface area contributed by atoms with Gasteiger partial charge in [0.2, 0.25) is 0 Å². The van der Waals surface area contributed by atoms with Gasteiger partial charge in [-0.1, -0.05) is 109 Å². The molecule has 0 N–H and O–H groups in total. The monoisotopic (exact) mass is 1110 g/mol. The summed E-state index contributed by atoms with van der Waals surface area (Å²) >= 11 is 0. The van der Waals surface area contributed by atoms with E-state index in [1.54, 1.807) is 122 Å². The van der Waals surface area contributed by atoms with E-state index in [-0.39, 0.29) is 50.5 Å². The van der Waals surface area contributed by atoms with Gasteiger partial charge in [0.1, 0.15) is 22.7 Å². The number of para-hydroxylation sites is 2. The van der Waals surface area contributed by atoms with Gasteiger partial charge in [0.15, 0.2) is 10.9 Å². The molecule has 0 bridgehead atoms. The maximum atomic E-state index is 12.0. The Morgan fingerprint density at radius 1 is 0.333 bits per heavy atom. The van der Waals surface area contributed by atoms with Crippen molar-refractivity contribution in [3.05, 3.63) is 227 Å². The number of aromatic nitrogens is 4. The Balaban J connectivity index is 0.000000239. The largest absolute Gasteiger partial charge is 2.00 e. The summed E-state index contributed by atoms with van der Waals surface area (Å²) in [6.45, 7) is 0. The maximum Gasteiger partial charge on any atom is 2.00 e. The third-order valence-electron chi connectivity index (χ3n) is 8.77. The van der Waals surface area contributed by atoms with Crippen molar-refractivity contribution in [2.45, 2.75) is 0 Å². The summed E-state index contributed by atoms with van der Waals surface area (Å²) in [7, 11) is -9.89. The number of halogens is 2. The van der Waals surface area contributed by atoms with Crippen LogP contribution in [0.15, 0.2) is 225 Å². The molecule has 356 valence electrons. The Morgan fingerprint density at radius 2 is 0.569 bits per heavy atom. The second-order valence-corrected chi connectivity index (χ2v) is 15.0. The number of benzene rings is 4. The van der Waals surface area contributed by atoms with Gasteiger partial charge in [0.05, 0.1) is 33.5 Å². The molecule has 0 radical (unpaired) electrons. The van der Waals surface area contributed by atoms with Crippen LogP contribution in [0.1, 0.15) is 0 Å². The first kappa shape index (κ1) is 59.3. The number of hydrogen-bond donors (Lipinski definition) is 0. The Labute approximate surface area is 439 Å². The van der Waals surface area contributed by atoms with E-state index >= 15 is 0 Å². The van der Waals surface area contributed by atoms with Crippen molar-refractivity contribution in [2.75, 3.05) is 0 Å². The molecular formula is C50H34Cl2N4O14Zn2. The van der Waals surface area contributed by atoms with Crippen molar-refractivity contribution in [3.63, 3.8) is 0 Å². The van der Waals surface area contributed by atoms with Gasteiger partial charge in [-0.15, -0.1) is 20.5 Å². The molecule has 0 fully saturated rings. The number of rotatable bonds is 4. The zero-order chi connectivity index (χ0) is 50.5. The molecule has 10 aromatic rings. The molecule has 10 rings (SSSR count). The van der Waals surface area contributed by atoms with Gasteiger partial charge < -0.3 is 19.0 Å². The molecule has 0 amide bonds. The average Bonchev–Trinajstić information content (AvgIpc) is 3.37. The molecule has 18 nitrogen and oxygen atoms in total. The Hall–Kier alpha value is -6.99. The summed E-state index contributed by atoms with van der Waals surface area (Å²) in [5, 5.41) is 24.6. The van der Waals surface area contributed by atoms with Crippen LogP contribution in [-0.4, -0.2) is 19.9 Å². The SMILES string of the molecule is O=c1c([O-])c(-c2ccccc2)oc2ccccc12.O=c1c([O-])c(-c2ccccc2)oc2ccccc12.[O-][Cl+3]([O-])([O-])[O-].[O-][Cl+3]([O-])([O-])[O-].[Zn+2].[Zn+2].c1ccc(-c2ccccn2)nc1.c1ccc(-c2ccccn2)nc1. The standard InChI is InChI=1S/2C15H10O3.2C10H8N2.2ClHO4.2Zn/c2*16-13-11-8-4-5-9-12(11)18-15(14(13)17)10-6-2-1-3-7-10;2*1-3-7-11-9(5-1)10-6-2-4-8-12-10;2*2-1(3,4)5;;/h2*1-9,17H;2*1-8H;2*(H,2,3,4,5);;/q;;;;;;2*+2/p-4. The van der Waals surface area contributed by atoms with Gasteiger partial charge in [-0.25, -0.2) is 37.3 Å². The summed E-state index contributed by atoms with van der Waals surface area (Å²) < 4.78 is 79.0. The molecule has 0 aliphatic heterocycles.